The monoisotopic (exact) mass is 718 g/mol. The van der Waals surface area contributed by atoms with Crippen LogP contribution in [0.4, 0.5) is 0 Å². The Morgan fingerprint density at radius 2 is 1.00 bits per heavy atom. The van der Waals surface area contributed by atoms with Gasteiger partial charge in [0.25, 0.3) is 0 Å². The van der Waals surface area contributed by atoms with E-state index in [-0.39, 0.29) is 10.8 Å². The molecule has 0 aromatic heterocycles. The second-order valence-corrected chi connectivity index (χ2v) is 20.3. The Morgan fingerprint density at radius 1 is 0.581 bits per heavy atom. The van der Waals surface area contributed by atoms with Gasteiger partial charge in [-0.1, -0.05) is 26.2 Å². The topological polar surface area (TPSA) is 43.4 Å². The summed E-state index contributed by atoms with van der Waals surface area (Å²) in [5.74, 6) is 0. The normalized spacial score (nSPS) is 12.9. The van der Waals surface area contributed by atoms with Crippen molar-refractivity contribution in [3.05, 3.63) is 96.6 Å². The van der Waals surface area contributed by atoms with Gasteiger partial charge in [0, 0.05) is 0 Å². The molecule has 43 heavy (non-hydrogen) atoms. The maximum atomic E-state index is 14.0. The van der Waals surface area contributed by atoms with Gasteiger partial charge in [-0.2, -0.15) is 0 Å². The van der Waals surface area contributed by atoms with Crippen molar-refractivity contribution in [3.8, 4) is 0 Å². The zero-order chi connectivity index (χ0) is 31.5. The van der Waals surface area contributed by atoms with Crippen LogP contribution in [-0.2, 0) is 29.9 Å². The third kappa shape index (κ3) is 11.3. The minimum atomic E-state index is -3.96. The molecule has 0 atom stereocenters. The number of rotatable bonds is 16. The zero-order valence-electron chi connectivity index (χ0n) is 27.7. The van der Waals surface area contributed by atoms with Gasteiger partial charge in [0.2, 0.25) is 0 Å². The zero-order valence-corrected chi connectivity index (χ0v) is 30.7. The summed E-state index contributed by atoms with van der Waals surface area (Å²) in [6, 6.07) is 24.2. The molecule has 0 fully saturated rings. The van der Waals surface area contributed by atoms with Crippen molar-refractivity contribution in [2.24, 2.45) is 0 Å². The van der Waals surface area contributed by atoms with Crippen molar-refractivity contribution < 1.29 is 10.9 Å². The Labute approximate surface area is 271 Å². The van der Waals surface area contributed by atoms with Crippen LogP contribution in [0.25, 0.3) is 0 Å². The Morgan fingerprint density at radius 3 is 1.44 bits per heavy atom. The molecule has 0 radical (unpaired) electrons. The Kier molecular flexibility index (Phi) is 13.8. The minimum absolute atomic E-state index is 0.0203. The SMILES string of the molecule is CCCCCCCCCCCCc1ccccc1S(=O)(=O)OI(c1ccc(C(C)(C)C)cc1)c1ccc(C(C)(C)C)cc1. The summed E-state index contributed by atoms with van der Waals surface area (Å²) in [5.41, 5.74) is 3.35. The van der Waals surface area contributed by atoms with Gasteiger partial charge in [0.1, 0.15) is 0 Å². The number of unbranched alkanes of at least 4 members (excludes halogenated alkanes) is 9. The van der Waals surface area contributed by atoms with E-state index < -0.39 is 30.4 Å². The molecule has 238 valence electrons. The van der Waals surface area contributed by atoms with Crippen molar-refractivity contribution in [1.29, 1.82) is 0 Å². The van der Waals surface area contributed by atoms with E-state index >= 15 is 0 Å². The molecule has 5 heteroatoms. The summed E-state index contributed by atoms with van der Waals surface area (Å²) in [6.07, 6.45) is 13.4. The molecule has 0 heterocycles. The quantitative estimate of drug-likeness (QED) is 0.109. The summed E-state index contributed by atoms with van der Waals surface area (Å²) in [7, 11) is -3.96. The first-order valence-corrected chi connectivity index (χ1v) is 20.7. The molecule has 0 aliphatic carbocycles. The van der Waals surface area contributed by atoms with Gasteiger partial charge < -0.3 is 0 Å². The average Bonchev–Trinajstić information content (AvgIpc) is 2.96. The van der Waals surface area contributed by atoms with Gasteiger partial charge in [0.05, 0.1) is 0 Å². The molecular weight excluding hydrogens is 663 g/mol. The van der Waals surface area contributed by atoms with Gasteiger partial charge in [0.15, 0.2) is 0 Å². The molecule has 0 aliphatic heterocycles. The van der Waals surface area contributed by atoms with Crippen LogP contribution in [0.1, 0.15) is 129 Å². The van der Waals surface area contributed by atoms with Gasteiger partial charge in [-0.05, 0) is 0 Å². The summed E-state index contributed by atoms with van der Waals surface area (Å²) >= 11 is -2.79. The predicted molar refractivity (Wildman–Crippen MR) is 192 cm³/mol. The van der Waals surface area contributed by atoms with Crippen LogP contribution < -0.4 is 0 Å². The number of halogens is 1. The molecule has 0 unspecified atom stereocenters. The molecule has 3 nitrogen and oxygen atoms in total. The molecule has 0 amide bonds. The van der Waals surface area contributed by atoms with Crippen molar-refractivity contribution >= 4 is 30.4 Å². The van der Waals surface area contributed by atoms with Crippen molar-refractivity contribution in [2.45, 2.75) is 135 Å². The second-order valence-electron chi connectivity index (χ2n) is 13.8. The van der Waals surface area contributed by atoms with E-state index in [9.17, 15) is 8.42 Å². The third-order valence-electron chi connectivity index (χ3n) is 8.00. The third-order valence-corrected chi connectivity index (χ3v) is 15.4. The Balaban J connectivity index is 1.77. The molecule has 0 bridgehead atoms. The van der Waals surface area contributed by atoms with E-state index in [1.165, 1.54) is 62.5 Å². The van der Waals surface area contributed by atoms with Crippen LogP contribution in [0.3, 0.4) is 0 Å². The van der Waals surface area contributed by atoms with Crippen LogP contribution in [0.5, 0.6) is 0 Å². The molecule has 0 N–H and O–H groups in total. The van der Waals surface area contributed by atoms with E-state index in [0.29, 0.717) is 4.90 Å². The molecule has 0 aliphatic rings. The molecular formula is C38H55IO3S. The Bertz CT molecular complexity index is 1290. The fourth-order valence-corrected chi connectivity index (χ4v) is 12.3. The van der Waals surface area contributed by atoms with Crippen LogP contribution in [0, 0.1) is 7.14 Å². The van der Waals surface area contributed by atoms with Gasteiger partial charge in [-0.15, -0.1) is 0 Å². The van der Waals surface area contributed by atoms with Crippen LogP contribution in [-0.4, -0.2) is 8.42 Å². The predicted octanol–water partition coefficient (Wildman–Crippen LogP) is 11.6. The number of benzene rings is 3. The molecule has 3 aromatic rings. The fourth-order valence-electron chi connectivity index (χ4n) is 5.20. The number of hydrogen-bond acceptors (Lipinski definition) is 3. The first-order valence-electron chi connectivity index (χ1n) is 16.3. The van der Waals surface area contributed by atoms with Crippen molar-refractivity contribution in [3.63, 3.8) is 0 Å². The van der Waals surface area contributed by atoms with E-state index in [1.54, 1.807) is 6.07 Å². The standard InChI is InChI=1S/C38H55IO3S/c1-8-9-10-11-12-13-14-15-16-17-20-31-21-18-19-22-36(31)43(40,41)42-39(34-27-23-32(24-28-34)37(2,3)4)35-29-25-33(26-30-35)38(5,6)7/h18-19,21-30H,8-17,20H2,1-7H3. The molecule has 0 saturated heterocycles. The van der Waals surface area contributed by atoms with E-state index in [0.717, 1.165) is 32.0 Å². The van der Waals surface area contributed by atoms with Gasteiger partial charge in [-0.25, -0.2) is 0 Å². The van der Waals surface area contributed by atoms with Gasteiger partial charge in [-0.3, -0.25) is 0 Å². The average molecular weight is 719 g/mol. The van der Waals surface area contributed by atoms with Crippen molar-refractivity contribution in [2.75, 3.05) is 0 Å². The van der Waals surface area contributed by atoms with E-state index in [4.69, 9.17) is 2.51 Å². The molecule has 0 spiro atoms. The molecule has 0 saturated carbocycles. The van der Waals surface area contributed by atoms with Crippen molar-refractivity contribution in [1.82, 2.24) is 0 Å². The van der Waals surface area contributed by atoms with Gasteiger partial charge >= 0.3 is 247 Å². The van der Waals surface area contributed by atoms with Crippen LogP contribution in [0.2, 0.25) is 0 Å². The summed E-state index contributed by atoms with van der Waals surface area (Å²) in [5, 5.41) is 0. The number of aryl methyl sites for hydroxylation is 1. The summed E-state index contributed by atoms with van der Waals surface area (Å²) in [4.78, 5) is 0.325. The van der Waals surface area contributed by atoms with Crippen LogP contribution in [0.15, 0.2) is 77.7 Å². The second kappa shape index (κ2) is 16.6. The summed E-state index contributed by atoms with van der Waals surface area (Å²) < 4.78 is 36.2. The van der Waals surface area contributed by atoms with E-state index in [2.05, 4.69) is 97.0 Å². The number of hydrogen-bond donors (Lipinski definition) is 0. The maximum absolute atomic E-state index is 14.0. The first-order chi connectivity index (χ1) is 20.3. The summed E-state index contributed by atoms with van der Waals surface area (Å²) in [6.45, 7) is 15.4. The van der Waals surface area contributed by atoms with Crippen LogP contribution >= 0.6 is 20.2 Å². The van der Waals surface area contributed by atoms with E-state index in [1.807, 2.05) is 18.2 Å². The fraction of sp³-hybridized carbons (Fsp3) is 0.526. The first kappa shape index (κ1) is 35.8. The molecule has 3 aromatic carbocycles. The Hall–Kier alpha value is -1.70. The molecule has 3 rings (SSSR count).